The predicted octanol–water partition coefficient (Wildman–Crippen LogP) is 2.12. The van der Waals surface area contributed by atoms with Gasteiger partial charge in [-0.2, -0.15) is 0 Å². The highest BCUT2D eigenvalue weighted by Gasteiger charge is 2.28. The Kier molecular flexibility index (Phi) is 6.45. The van der Waals surface area contributed by atoms with Crippen LogP contribution < -0.4 is 5.32 Å². The maximum Gasteiger partial charge on any atom is 0.0518 e. The third-order valence-corrected chi connectivity index (χ3v) is 3.79. The maximum atomic E-state index is 5.55. The molecule has 0 radical (unpaired) electrons. The lowest BCUT2D eigenvalue weighted by Gasteiger charge is -2.40. The number of ether oxygens (including phenoxy) is 1. The molecule has 1 aliphatic rings. The largest absolute Gasteiger partial charge is 0.379 e. The van der Waals surface area contributed by atoms with Gasteiger partial charge in [-0.25, -0.2) is 0 Å². The smallest absolute Gasteiger partial charge is 0.0518 e. The second kappa shape index (κ2) is 7.34. The van der Waals surface area contributed by atoms with Crippen molar-refractivity contribution in [1.29, 1.82) is 0 Å². The molecular weight excluding hydrogens is 212 g/mol. The number of likely N-dealkylation sites (tertiary alicyclic amines) is 1. The Morgan fingerprint density at radius 2 is 2.06 bits per heavy atom. The number of hydrogen-bond acceptors (Lipinski definition) is 3. The summed E-state index contributed by atoms with van der Waals surface area (Å²) in [6, 6.07) is 1.39. The average Bonchev–Trinajstić information content (AvgIpc) is 2.24. The Morgan fingerprint density at radius 3 is 2.71 bits per heavy atom. The lowest BCUT2D eigenvalue weighted by atomic mass is 9.90. The molecule has 0 bridgehead atoms. The highest BCUT2D eigenvalue weighted by atomic mass is 16.5. The van der Waals surface area contributed by atoms with Crippen molar-refractivity contribution in [1.82, 2.24) is 10.2 Å². The molecule has 0 aromatic rings. The Bertz CT molecular complexity index is 208. The molecule has 0 aromatic heterocycles. The van der Waals surface area contributed by atoms with Crippen molar-refractivity contribution in [3.63, 3.8) is 0 Å². The molecule has 3 atom stereocenters. The third kappa shape index (κ3) is 5.36. The quantitative estimate of drug-likeness (QED) is 0.722. The fourth-order valence-corrected chi connectivity index (χ4v) is 2.50. The minimum absolute atomic E-state index is 0.359. The van der Waals surface area contributed by atoms with Gasteiger partial charge in [-0.3, -0.25) is 0 Å². The summed E-state index contributed by atoms with van der Waals surface area (Å²) in [6.45, 7) is 12.0. The first-order chi connectivity index (χ1) is 8.00. The van der Waals surface area contributed by atoms with E-state index >= 15 is 0 Å². The van der Waals surface area contributed by atoms with Crippen LogP contribution in [0.3, 0.4) is 0 Å². The topological polar surface area (TPSA) is 24.5 Å². The SMILES string of the molecule is CC(C)OCCCNC1CC(C)N(C)CC1C. The molecule has 0 aromatic carbocycles. The normalized spacial score (nSPS) is 31.1. The molecule has 0 spiro atoms. The van der Waals surface area contributed by atoms with Gasteiger partial charge in [0, 0.05) is 25.2 Å². The fourth-order valence-electron chi connectivity index (χ4n) is 2.50. The van der Waals surface area contributed by atoms with Crippen molar-refractivity contribution in [2.75, 3.05) is 26.7 Å². The zero-order valence-corrected chi connectivity index (χ0v) is 12.2. The van der Waals surface area contributed by atoms with Gasteiger partial charge in [0.05, 0.1) is 6.10 Å². The van der Waals surface area contributed by atoms with Crippen molar-refractivity contribution >= 4 is 0 Å². The van der Waals surface area contributed by atoms with Crippen LogP contribution in [-0.2, 0) is 4.74 Å². The van der Waals surface area contributed by atoms with Gasteiger partial charge in [-0.05, 0) is 53.1 Å². The van der Waals surface area contributed by atoms with Crippen LogP contribution in [0.4, 0.5) is 0 Å². The van der Waals surface area contributed by atoms with Gasteiger partial charge >= 0.3 is 0 Å². The van der Waals surface area contributed by atoms with E-state index in [1.807, 2.05) is 0 Å². The van der Waals surface area contributed by atoms with Gasteiger partial charge < -0.3 is 15.0 Å². The molecule has 17 heavy (non-hydrogen) atoms. The molecule has 1 rings (SSSR count). The van der Waals surface area contributed by atoms with Gasteiger partial charge in [-0.1, -0.05) is 6.92 Å². The molecule has 1 fully saturated rings. The molecular formula is C14H30N2O. The average molecular weight is 242 g/mol. The minimum Gasteiger partial charge on any atom is -0.379 e. The number of hydrogen-bond donors (Lipinski definition) is 1. The Hall–Kier alpha value is -0.120. The predicted molar refractivity (Wildman–Crippen MR) is 73.4 cm³/mol. The Balaban J connectivity index is 2.14. The third-order valence-electron chi connectivity index (χ3n) is 3.79. The van der Waals surface area contributed by atoms with Crippen molar-refractivity contribution in [3.05, 3.63) is 0 Å². The summed E-state index contributed by atoms with van der Waals surface area (Å²) in [5, 5.41) is 3.69. The fraction of sp³-hybridized carbons (Fsp3) is 1.00. The molecule has 1 heterocycles. The van der Waals surface area contributed by atoms with Crippen molar-refractivity contribution < 1.29 is 4.74 Å². The molecule has 0 saturated carbocycles. The van der Waals surface area contributed by atoms with E-state index in [9.17, 15) is 0 Å². The van der Waals surface area contributed by atoms with E-state index < -0.39 is 0 Å². The molecule has 102 valence electrons. The molecule has 1 N–H and O–H groups in total. The van der Waals surface area contributed by atoms with Crippen molar-refractivity contribution in [2.45, 2.75) is 58.7 Å². The lowest BCUT2D eigenvalue weighted by Crippen LogP contribution is -2.51. The summed E-state index contributed by atoms with van der Waals surface area (Å²) < 4.78 is 5.55. The van der Waals surface area contributed by atoms with Gasteiger partial charge in [0.15, 0.2) is 0 Å². The standard InChI is InChI=1S/C14H30N2O/c1-11(2)17-8-6-7-15-14-9-13(4)16(5)10-12(14)3/h11-15H,6-10H2,1-5H3. The summed E-state index contributed by atoms with van der Waals surface area (Å²) in [6.07, 6.45) is 2.74. The number of nitrogens with zero attached hydrogens (tertiary/aromatic N) is 1. The first-order valence-electron chi connectivity index (χ1n) is 7.06. The first kappa shape index (κ1) is 14.9. The highest BCUT2D eigenvalue weighted by molar-refractivity contribution is 4.85. The molecule has 1 saturated heterocycles. The van der Waals surface area contributed by atoms with E-state index in [1.165, 1.54) is 13.0 Å². The summed E-state index contributed by atoms with van der Waals surface area (Å²) in [5.74, 6) is 0.752. The molecule has 1 aliphatic heterocycles. The monoisotopic (exact) mass is 242 g/mol. The Labute approximate surface area is 107 Å². The van der Waals surface area contributed by atoms with Crippen LogP contribution in [0.1, 0.15) is 40.5 Å². The van der Waals surface area contributed by atoms with Crippen molar-refractivity contribution in [2.24, 2.45) is 5.92 Å². The van der Waals surface area contributed by atoms with E-state index in [0.717, 1.165) is 25.5 Å². The van der Waals surface area contributed by atoms with Crippen LogP contribution in [0, 0.1) is 5.92 Å². The Morgan fingerprint density at radius 1 is 1.35 bits per heavy atom. The van der Waals surface area contributed by atoms with Crippen LogP contribution in [0.15, 0.2) is 0 Å². The van der Waals surface area contributed by atoms with E-state index in [2.05, 4.69) is 45.0 Å². The zero-order valence-electron chi connectivity index (χ0n) is 12.2. The van der Waals surface area contributed by atoms with Gasteiger partial charge in [-0.15, -0.1) is 0 Å². The number of nitrogens with one attached hydrogen (secondary N) is 1. The lowest BCUT2D eigenvalue weighted by molar-refractivity contribution is 0.0740. The van der Waals surface area contributed by atoms with E-state index in [-0.39, 0.29) is 0 Å². The molecule has 0 amide bonds. The maximum absolute atomic E-state index is 5.55. The van der Waals surface area contributed by atoms with E-state index in [1.54, 1.807) is 0 Å². The summed E-state index contributed by atoms with van der Waals surface area (Å²) in [7, 11) is 2.23. The van der Waals surface area contributed by atoms with Crippen LogP contribution in [0.2, 0.25) is 0 Å². The number of rotatable bonds is 6. The minimum atomic E-state index is 0.359. The van der Waals surface area contributed by atoms with Crippen molar-refractivity contribution in [3.8, 4) is 0 Å². The van der Waals surface area contributed by atoms with Gasteiger partial charge in [0.2, 0.25) is 0 Å². The van der Waals surface area contributed by atoms with Crippen LogP contribution in [-0.4, -0.2) is 49.8 Å². The van der Waals surface area contributed by atoms with Gasteiger partial charge in [0.1, 0.15) is 0 Å². The summed E-state index contributed by atoms with van der Waals surface area (Å²) in [4.78, 5) is 2.46. The number of piperidine rings is 1. The highest BCUT2D eigenvalue weighted by Crippen LogP contribution is 2.20. The van der Waals surface area contributed by atoms with E-state index in [4.69, 9.17) is 4.74 Å². The second-order valence-corrected chi connectivity index (χ2v) is 5.84. The zero-order chi connectivity index (χ0) is 12.8. The van der Waals surface area contributed by atoms with E-state index in [0.29, 0.717) is 18.2 Å². The second-order valence-electron chi connectivity index (χ2n) is 5.84. The van der Waals surface area contributed by atoms with Crippen LogP contribution >= 0.6 is 0 Å². The summed E-state index contributed by atoms with van der Waals surface area (Å²) in [5.41, 5.74) is 0. The molecule has 0 aliphatic carbocycles. The first-order valence-corrected chi connectivity index (χ1v) is 7.06. The van der Waals surface area contributed by atoms with Gasteiger partial charge in [0.25, 0.3) is 0 Å². The van der Waals surface area contributed by atoms with Crippen LogP contribution in [0.5, 0.6) is 0 Å². The van der Waals surface area contributed by atoms with Crippen LogP contribution in [0.25, 0.3) is 0 Å². The molecule has 3 heteroatoms. The summed E-state index contributed by atoms with van der Waals surface area (Å²) >= 11 is 0. The molecule has 3 unspecified atom stereocenters. The molecule has 3 nitrogen and oxygen atoms in total.